The third-order valence-corrected chi connectivity index (χ3v) is 7.90. The van der Waals surface area contributed by atoms with E-state index in [0.717, 1.165) is 19.6 Å². The molecule has 1 aliphatic rings. The van der Waals surface area contributed by atoms with Gasteiger partial charge < -0.3 is 14.6 Å². The van der Waals surface area contributed by atoms with Gasteiger partial charge in [-0.15, -0.1) is 11.3 Å². The molecule has 1 fully saturated rings. The van der Waals surface area contributed by atoms with Crippen LogP contribution in [0.4, 0.5) is 13.2 Å². The number of ether oxygens (including phenoxy) is 2. The quantitative estimate of drug-likeness (QED) is 0.142. The van der Waals surface area contributed by atoms with Crippen molar-refractivity contribution in [3.63, 3.8) is 0 Å². The molecule has 0 aliphatic carbocycles. The van der Waals surface area contributed by atoms with Crippen LogP contribution in [0.1, 0.15) is 35.2 Å². The molecule has 40 heavy (non-hydrogen) atoms. The molecule has 0 radical (unpaired) electrons. The van der Waals surface area contributed by atoms with Crippen molar-refractivity contribution in [2.45, 2.75) is 25.4 Å². The number of thiophene rings is 1. The first-order chi connectivity index (χ1) is 19.2. The van der Waals surface area contributed by atoms with E-state index < -0.39 is 12.1 Å². The summed E-state index contributed by atoms with van der Waals surface area (Å²) >= 11 is 1.18. The fraction of sp³-hybridized carbons (Fsp3) is 0.267. The van der Waals surface area contributed by atoms with Gasteiger partial charge in [-0.05, 0) is 98.2 Å². The molecular formula is C30H26F3NO5S. The lowest BCUT2D eigenvalue weighted by Gasteiger charge is -2.26. The molecule has 0 amide bonds. The molecule has 1 N–H and O–H groups in total. The van der Waals surface area contributed by atoms with Crippen molar-refractivity contribution in [2.24, 2.45) is 0 Å². The molecular weight excluding hydrogens is 543 g/mol. The highest BCUT2D eigenvalue weighted by Gasteiger charge is 2.41. The van der Waals surface area contributed by atoms with E-state index in [1.165, 1.54) is 60.9 Å². The smallest absolute Gasteiger partial charge is 0.491 e. The number of hydrogen-bond donors (Lipinski definition) is 1. The third-order valence-electron chi connectivity index (χ3n) is 6.70. The van der Waals surface area contributed by atoms with Crippen LogP contribution in [0.3, 0.4) is 0 Å². The van der Waals surface area contributed by atoms with Crippen LogP contribution in [0.2, 0.25) is 0 Å². The molecule has 0 atom stereocenters. The van der Waals surface area contributed by atoms with Crippen LogP contribution in [0.25, 0.3) is 20.5 Å². The van der Waals surface area contributed by atoms with Crippen LogP contribution in [0.15, 0.2) is 66.7 Å². The Hall–Kier alpha value is -3.89. The molecule has 0 bridgehead atoms. The summed E-state index contributed by atoms with van der Waals surface area (Å²) in [5, 5.41) is 10.2. The van der Waals surface area contributed by atoms with E-state index in [1.807, 2.05) is 0 Å². The number of esters is 1. The number of ketones is 1. The Balaban J connectivity index is 1.42. The van der Waals surface area contributed by atoms with Gasteiger partial charge in [0.2, 0.25) is 0 Å². The predicted octanol–water partition coefficient (Wildman–Crippen LogP) is 6.84. The number of carbonyl (C=O) groups is 2. The van der Waals surface area contributed by atoms with Gasteiger partial charge in [-0.2, -0.15) is 13.2 Å². The second-order valence-electron chi connectivity index (χ2n) is 9.50. The highest BCUT2D eigenvalue weighted by molar-refractivity contribution is 7.22. The van der Waals surface area contributed by atoms with Crippen molar-refractivity contribution in [3.8, 4) is 27.7 Å². The number of aromatic hydroxyl groups is 1. The lowest BCUT2D eigenvalue weighted by Crippen LogP contribution is -2.33. The zero-order valence-electron chi connectivity index (χ0n) is 21.4. The molecule has 2 heterocycles. The van der Waals surface area contributed by atoms with E-state index in [2.05, 4.69) is 9.64 Å². The average Bonchev–Trinajstić information content (AvgIpc) is 3.32. The Labute approximate surface area is 232 Å². The number of piperidine rings is 1. The second-order valence-corrected chi connectivity index (χ2v) is 10.6. The number of benzene rings is 3. The number of rotatable bonds is 8. The van der Waals surface area contributed by atoms with Crippen LogP contribution < -0.4 is 9.47 Å². The first kappa shape index (κ1) is 27.7. The predicted molar refractivity (Wildman–Crippen MR) is 146 cm³/mol. The highest BCUT2D eigenvalue weighted by atomic mass is 32.1. The Bertz CT molecular complexity index is 1510. The Morgan fingerprint density at radius 2 is 1.57 bits per heavy atom. The van der Waals surface area contributed by atoms with Gasteiger partial charge in [-0.25, -0.2) is 4.79 Å². The fourth-order valence-electron chi connectivity index (χ4n) is 4.67. The molecule has 1 aliphatic heterocycles. The zero-order valence-corrected chi connectivity index (χ0v) is 22.2. The lowest BCUT2D eigenvalue weighted by molar-refractivity contribution is -0.189. The molecule has 5 rings (SSSR count). The Morgan fingerprint density at radius 1 is 0.900 bits per heavy atom. The van der Waals surface area contributed by atoms with E-state index in [0.29, 0.717) is 44.0 Å². The van der Waals surface area contributed by atoms with E-state index in [-0.39, 0.29) is 17.3 Å². The minimum atomic E-state index is -5.13. The monoisotopic (exact) mass is 569 g/mol. The largest absolute Gasteiger partial charge is 0.508 e. The standard InChI is InChI=1S/C30H26F3NO5S/c31-30(32,33)29(37)39-23-12-13-24-25(18-23)40-28(20-4-8-21(35)9-5-20)26(24)27(36)19-6-10-22(11-7-19)38-17-16-34-14-2-1-3-15-34/h4-13,18,35H,1-3,14-17H2. The number of phenolic OH excluding ortho intramolecular Hbond substituents is 1. The maximum Gasteiger partial charge on any atom is 0.491 e. The molecule has 4 aromatic rings. The number of carbonyl (C=O) groups excluding carboxylic acids is 2. The van der Waals surface area contributed by atoms with Gasteiger partial charge in [0.15, 0.2) is 5.78 Å². The number of halogens is 3. The molecule has 0 unspecified atom stereocenters. The first-order valence-corrected chi connectivity index (χ1v) is 13.7. The van der Waals surface area contributed by atoms with Crippen LogP contribution in [0.5, 0.6) is 17.2 Å². The summed E-state index contributed by atoms with van der Waals surface area (Å²) < 4.78 is 48.9. The molecule has 3 aromatic carbocycles. The number of fused-ring (bicyclic) bond motifs is 1. The van der Waals surface area contributed by atoms with Crippen molar-refractivity contribution >= 4 is 33.2 Å². The molecule has 1 aromatic heterocycles. The minimum Gasteiger partial charge on any atom is -0.508 e. The van der Waals surface area contributed by atoms with Crippen LogP contribution in [0, 0.1) is 0 Å². The number of likely N-dealkylation sites (tertiary alicyclic amines) is 1. The van der Waals surface area contributed by atoms with Gasteiger partial charge in [0, 0.05) is 32.6 Å². The van der Waals surface area contributed by atoms with Gasteiger partial charge in [-0.1, -0.05) is 6.42 Å². The maximum absolute atomic E-state index is 13.8. The van der Waals surface area contributed by atoms with Crippen LogP contribution in [-0.2, 0) is 4.79 Å². The van der Waals surface area contributed by atoms with Crippen LogP contribution in [-0.4, -0.2) is 54.2 Å². The SMILES string of the molecule is O=C(c1ccc(OCCN2CCCCC2)cc1)c1c(-c2ccc(O)cc2)sc2cc(OC(=O)C(F)(F)F)ccc12. The van der Waals surface area contributed by atoms with Gasteiger partial charge in [0.1, 0.15) is 23.9 Å². The first-order valence-electron chi connectivity index (χ1n) is 12.8. The number of hydrogen-bond acceptors (Lipinski definition) is 7. The second kappa shape index (κ2) is 11.7. The van der Waals surface area contributed by atoms with Crippen molar-refractivity contribution in [1.29, 1.82) is 0 Å². The molecule has 1 saturated heterocycles. The van der Waals surface area contributed by atoms with E-state index in [9.17, 15) is 27.9 Å². The summed E-state index contributed by atoms with van der Waals surface area (Å²) in [6.45, 7) is 3.56. The highest BCUT2D eigenvalue weighted by Crippen LogP contribution is 2.42. The summed E-state index contributed by atoms with van der Waals surface area (Å²) in [6, 6.07) is 17.1. The third kappa shape index (κ3) is 6.29. The fourth-order valence-corrected chi connectivity index (χ4v) is 5.90. The van der Waals surface area contributed by atoms with Crippen molar-refractivity contribution < 1.29 is 37.3 Å². The van der Waals surface area contributed by atoms with E-state index >= 15 is 0 Å². The van der Waals surface area contributed by atoms with Gasteiger partial charge >= 0.3 is 12.1 Å². The van der Waals surface area contributed by atoms with Crippen molar-refractivity contribution in [1.82, 2.24) is 4.90 Å². The molecule has 208 valence electrons. The molecule has 0 spiro atoms. The molecule has 0 saturated carbocycles. The summed E-state index contributed by atoms with van der Waals surface area (Å²) in [5.41, 5.74) is 1.42. The maximum atomic E-state index is 13.8. The Morgan fingerprint density at radius 3 is 2.25 bits per heavy atom. The van der Waals surface area contributed by atoms with Gasteiger partial charge in [-0.3, -0.25) is 9.69 Å². The van der Waals surface area contributed by atoms with E-state index in [4.69, 9.17) is 4.74 Å². The zero-order chi connectivity index (χ0) is 28.3. The topological polar surface area (TPSA) is 76.1 Å². The van der Waals surface area contributed by atoms with Gasteiger partial charge in [0.25, 0.3) is 0 Å². The number of nitrogens with zero attached hydrogens (tertiary/aromatic N) is 1. The Kier molecular flexibility index (Phi) is 8.09. The summed E-state index contributed by atoms with van der Waals surface area (Å²) in [7, 11) is 0. The average molecular weight is 570 g/mol. The summed E-state index contributed by atoms with van der Waals surface area (Å²) in [4.78, 5) is 28.1. The van der Waals surface area contributed by atoms with Crippen molar-refractivity contribution in [3.05, 3.63) is 77.9 Å². The summed E-state index contributed by atoms with van der Waals surface area (Å²) in [6.07, 6.45) is -1.44. The van der Waals surface area contributed by atoms with Gasteiger partial charge in [0.05, 0.1) is 0 Å². The van der Waals surface area contributed by atoms with Crippen LogP contribution >= 0.6 is 11.3 Å². The van der Waals surface area contributed by atoms with Crippen molar-refractivity contribution in [2.75, 3.05) is 26.2 Å². The number of alkyl halides is 3. The molecule has 10 heteroatoms. The number of phenols is 1. The lowest BCUT2D eigenvalue weighted by atomic mass is 9.97. The minimum absolute atomic E-state index is 0.0509. The normalized spacial score (nSPS) is 14.3. The summed E-state index contributed by atoms with van der Waals surface area (Å²) in [5.74, 6) is -2.18. The van der Waals surface area contributed by atoms with E-state index in [1.54, 1.807) is 36.4 Å². The molecule has 6 nitrogen and oxygen atoms in total.